The molecule has 102 valence electrons. The van der Waals surface area contributed by atoms with E-state index in [9.17, 15) is 8.78 Å². The van der Waals surface area contributed by atoms with E-state index in [4.69, 9.17) is 0 Å². The first kappa shape index (κ1) is 13.9. The van der Waals surface area contributed by atoms with Gasteiger partial charge in [-0.3, -0.25) is 5.10 Å². The van der Waals surface area contributed by atoms with Crippen LogP contribution in [0.1, 0.15) is 17.0 Å². The Balaban J connectivity index is 2.11. The van der Waals surface area contributed by atoms with Gasteiger partial charge in [0, 0.05) is 28.4 Å². The van der Waals surface area contributed by atoms with E-state index in [0.717, 1.165) is 17.0 Å². The van der Waals surface area contributed by atoms with Crippen molar-refractivity contribution in [2.24, 2.45) is 0 Å². The number of nitrogens with zero attached hydrogens (tertiary/aromatic N) is 1. The van der Waals surface area contributed by atoms with Gasteiger partial charge in [-0.1, -0.05) is 23.9 Å². The number of hydrogen-bond donors (Lipinski definition) is 2. The van der Waals surface area contributed by atoms with Crippen LogP contribution in [0.15, 0.2) is 29.2 Å². The molecule has 0 fully saturated rings. The molecule has 0 aliphatic heterocycles. The highest BCUT2D eigenvalue weighted by atomic mass is 32.2. The van der Waals surface area contributed by atoms with Gasteiger partial charge in [0.2, 0.25) is 0 Å². The molecule has 0 unspecified atom stereocenters. The highest BCUT2D eigenvalue weighted by molar-refractivity contribution is 7.99. The molecule has 0 aliphatic carbocycles. The molecule has 0 saturated carbocycles. The summed E-state index contributed by atoms with van der Waals surface area (Å²) in [6.45, 7) is 4.42. The van der Waals surface area contributed by atoms with Gasteiger partial charge in [0.25, 0.3) is 5.76 Å². The zero-order valence-electron chi connectivity index (χ0n) is 10.7. The molecule has 6 heteroatoms. The van der Waals surface area contributed by atoms with Crippen molar-refractivity contribution in [3.05, 3.63) is 41.2 Å². The molecule has 0 bridgehead atoms. The van der Waals surface area contributed by atoms with Crippen molar-refractivity contribution in [3.63, 3.8) is 0 Å². The smallest absolute Gasteiger partial charge is 0.288 e. The number of aromatic nitrogens is 2. The molecule has 1 aromatic heterocycles. The van der Waals surface area contributed by atoms with Crippen LogP contribution in [0.2, 0.25) is 0 Å². The Bertz CT molecular complexity index is 535. The maximum Gasteiger partial charge on any atom is 0.288 e. The predicted molar refractivity (Wildman–Crippen MR) is 73.7 cm³/mol. The Morgan fingerprint density at radius 3 is 2.68 bits per heavy atom. The zero-order chi connectivity index (χ0) is 13.8. The van der Waals surface area contributed by atoms with Crippen LogP contribution < -0.4 is 5.32 Å². The standard InChI is InChI=1S/C13H15F2N3S/c1-8-10(9(2)18-17-8)7-16-11-5-3-4-6-12(11)19-13(14)15/h3-6,13,16H,7H2,1-2H3,(H,17,18). The van der Waals surface area contributed by atoms with Crippen molar-refractivity contribution < 1.29 is 8.78 Å². The van der Waals surface area contributed by atoms with Crippen LogP contribution >= 0.6 is 11.8 Å². The second kappa shape index (κ2) is 6.06. The third-order valence-electron chi connectivity index (χ3n) is 2.84. The molecule has 1 heterocycles. The molecule has 3 nitrogen and oxygen atoms in total. The highest BCUT2D eigenvalue weighted by Gasteiger charge is 2.11. The van der Waals surface area contributed by atoms with Gasteiger partial charge >= 0.3 is 0 Å². The summed E-state index contributed by atoms with van der Waals surface area (Å²) >= 11 is 0.551. The van der Waals surface area contributed by atoms with E-state index in [2.05, 4.69) is 15.5 Å². The van der Waals surface area contributed by atoms with Gasteiger partial charge in [0.15, 0.2) is 0 Å². The van der Waals surface area contributed by atoms with E-state index >= 15 is 0 Å². The number of benzene rings is 1. The molecule has 2 aromatic rings. The van der Waals surface area contributed by atoms with Crippen LogP contribution in [0.3, 0.4) is 0 Å². The first-order chi connectivity index (χ1) is 9.08. The van der Waals surface area contributed by atoms with Gasteiger partial charge in [-0.05, 0) is 26.0 Å². The topological polar surface area (TPSA) is 40.7 Å². The van der Waals surface area contributed by atoms with Crippen LogP contribution in [0.25, 0.3) is 0 Å². The fourth-order valence-corrected chi connectivity index (χ4v) is 2.45. The summed E-state index contributed by atoms with van der Waals surface area (Å²) < 4.78 is 24.9. The van der Waals surface area contributed by atoms with Crippen molar-refractivity contribution in [2.45, 2.75) is 31.0 Å². The maximum atomic E-state index is 12.5. The van der Waals surface area contributed by atoms with Crippen molar-refractivity contribution in [1.82, 2.24) is 10.2 Å². The van der Waals surface area contributed by atoms with Crippen LogP contribution in [0.4, 0.5) is 14.5 Å². The fraction of sp³-hybridized carbons (Fsp3) is 0.308. The number of hydrogen-bond acceptors (Lipinski definition) is 3. The molecule has 1 aromatic carbocycles. The molecular weight excluding hydrogens is 268 g/mol. The van der Waals surface area contributed by atoms with Crippen molar-refractivity contribution in [3.8, 4) is 0 Å². The van der Waals surface area contributed by atoms with E-state index in [1.54, 1.807) is 18.2 Å². The molecule has 0 radical (unpaired) electrons. The second-order valence-corrected chi connectivity index (χ2v) is 5.17. The molecule has 19 heavy (non-hydrogen) atoms. The number of nitrogens with one attached hydrogen (secondary N) is 2. The normalized spacial score (nSPS) is 11.0. The van der Waals surface area contributed by atoms with Gasteiger partial charge in [-0.15, -0.1) is 0 Å². The minimum absolute atomic E-state index is 0.551. The minimum Gasteiger partial charge on any atom is -0.380 e. The van der Waals surface area contributed by atoms with E-state index in [-0.39, 0.29) is 0 Å². The number of alkyl halides is 2. The van der Waals surface area contributed by atoms with Gasteiger partial charge in [-0.25, -0.2) is 0 Å². The molecule has 2 rings (SSSR count). The van der Waals surface area contributed by atoms with Crippen molar-refractivity contribution in [2.75, 3.05) is 5.32 Å². The Hall–Kier alpha value is -1.56. The second-order valence-electron chi connectivity index (χ2n) is 4.14. The van der Waals surface area contributed by atoms with Crippen LogP contribution in [-0.4, -0.2) is 16.0 Å². The number of thioether (sulfide) groups is 1. The summed E-state index contributed by atoms with van der Waals surface area (Å²) in [7, 11) is 0. The predicted octanol–water partition coefficient (Wildman–Crippen LogP) is 3.95. The van der Waals surface area contributed by atoms with Gasteiger partial charge in [-0.2, -0.15) is 13.9 Å². The lowest BCUT2D eigenvalue weighted by Crippen LogP contribution is -2.02. The van der Waals surface area contributed by atoms with E-state index in [1.807, 2.05) is 19.9 Å². The maximum absolute atomic E-state index is 12.5. The van der Waals surface area contributed by atoms with Crippen molar-refractivity contribution >= 4 is 17.4 Å². The Morgan fingerprint density at radius 1 is 1.32 bits per heavy atom. The number of rotatable bonds is 5. The third kappa shape index (κ3) is 3.47. The van der Waals surface area contributed by atoms with E-state index in [1.165, 1.54) is 0 Å². The lowest BCUT2D eigenvalue weighted by molar-refractivity contribution is 0.252. The number of aryl methyl sites for hydroxylation is 2. The molecule has 0 saturated heterocycles. The largest absolute Gasteiger partial charge is 0.380 e. The summed E-state index contributed by atoms with van der Waals surface area (Å²) in [5.41, 5.74) is 3.69. The number of halogens is 2. The van der Waals surface area contributed by atoms with E-state index in [0.29, 0.717) is 28.9 Å². The number of aromatic amines is 1. The lowest BCUT2D eigenvalue weighted by atomic mass is 10.2. The Labute approximate surface area is 114 Å². The quantitative estimate of drug-likeness (QED) is 0.816. The van der Waals surface area contributed by atoms with E-state index < -0.39 is 5.76 Å². The summed E-state index contributed by atoms with van der Waals surface area (Å²) in [6.07, 6.45) is 0. The molecule has 0 aliphatic rings. The first-order valence-corrected chi connectivity index (χ1v) is 6.74. The first-order valence-electron chi connectivity index (χ1n) is 5.86. The summed E-state index contributed by atoms with van der Waals surface area (Å²) in [4.78, 5) is 0.552. The number of para-hydroxylation sites is 1. The Kier molecular flexibility index (Phi) is 4.42. The van der Waals surface area contributed by atoms with Crippen LogP contribution in [0.5, 0.6) is 0 Å². The average Bonchev–Trinajstić information content (AvgIpc) is 2.68. The SMILES string of the molecule is Cc1n[nH]c(C)c1CNc1ccccc1SC(F)F. The fourth-order valence-electron chi connectivity index (χ4n) is 1.83. The molecule has 2 N–H and O–H groups in total. The lowest BCUT2D eigenvalue weighted by Gasteiger charge is -2.11. The summed E-state index contributed by atoms with van der Waals surface area (Å²) in [6, 6.07) is 7.07. The molecule has 0 amide bonds. The summed E-state index contributed by atoms with van der Waals surface area (Å²) in [5.74, 6) is -2.42. The van der Waals surface area contributed by atoms with Gasteiger partial charge < -0.3 is 5.32 Å². The molecule has 0 atom stereocenters. The average molecular weight is 283 g/mol. The zero-order valence-corrected chi connectivity index (χ0v) is 11.5. The Morgan fingerprint density at radius 2 is 2.05 bits per heavy atom. The minimum atomic E-state index is -2.42. The third-order valence-corrected chi connectivity index (χ3v) is 3.63. The molecule has 0 spiro atoms. The monoisotopic (exact) mass is 283 g/mol. The van der Waals surface area contributed by atoms with Crippen molar-refractivity contribution in [1.29, 1.82) is 0 Å². The van der Waals surface area contributed by atoms with Gasteiger partial charge in [0.05, 0.1) is 5.69 Å². The summed E-state index contributed by atoms with van der Waals surface area (Å²) in [5, 5.41) is 10.2. The number of anilines is 1. The molecular formula is C13H15F2N3S. The van der Waals surface area contributed by atoms with Crippen LogP contribution in [-0.2, 0) is 6.54 Å². The number of H-pyrrole nitrogens is 1. The van der Waals surface area contributed by atoms with Gasteiger partial charge in [0.1, 0.15) is 0 Å². The highest BCUT2D eigenvalue weighted by Crippen LogP contribution is 2.32. The van der Waals surface area contributed by atoms with Crippen LogP contribution in [0, 0.1) is 13.8 Å².